The number of hydrogen-bond acceptors (Lipinski definition) is 1. The lowest BCUT2D eigenvalue weighted by Gasteiger charge is -2.33. The normalized spacial score (nSPS) is 16.6. The van der Waals surface area contributed by atoms with Crippen LogP contribution in [0.1, 0.15) is 72.9 Å². The summed E-state index contributed by atoms with van der Waals surface area (Å²) < 4.78 is 2.48. The average molecular weight is 843 g/mol. The molecule has 1 spiro atoms. The lowest BCUT2D eigenvalue weighted by atomic mass is 9.70. The molecule has 0 radical (unpaired) electrons. The summed E-state index contributed by atoms with van der Waals surface area (Å²) in [7, 11) is 0. The van der Waals surface area contributed by atoms with Gasteiger partial charge in [0.1, 0.15) is 0 Å². The highest BCUT2D eigenvalue weighted by molar-refractivity contribution is 6.17. The molecule has 0 saturated carbocycles. The Morgan fingerprint density at radius 2 is 1.27 bits per heavy atom. The van der Waals surface area contributed by atoms with Crippen LogP contribution in [0.15, 0.2) is 205 Å². The molecular weight excluding hydrogens is 797 g/mol. The van der Waals surface area contributed by atoms with Crippen LogP contribution in [0.3, 0.4) is 0 Å². The second kappa shape index (κ2) is 13.8. The van der Waals surface area contributed by atoms with Crippen LogP contribution in [0.4, 0.5) is 11.4 Å². The quantitative estimate of drug-likeness (QED) is 0.168. The van der Waals surface area contributed by atoms with Crippen molar-refractivity contribution in [2.24, 2.45) is 0 Å². The van der Waals surface area contributed by atoms with Gasteiger partial charge in [0.05, 0.1) is 22.1 Å². The van der Waals surface area contributed by atoms with Gasteiger partial charge in [0.2, 0.25) is 0 Å². The van der Waals surface area contributed by atoms with Crippen molar-refractivity contribution in [3.8, 4) is 33.4 Å². The van der Waals surface area contributed by atoms with E-state index in [0.29, 0.717) is 0 Å². The van der Waals surface area contributed by atoms with Gasteiger partial charge in [-0.2, -0.15) is 0 Å². The average Bonchev–Trinajstić information content (AvgIpc) is 4.05. The summed E-state index contributed by atoms with van der Waals surface area (Å²) in [5, 5.41) is 2.55. The predicted octanol–water partition coefficient (Wildman–Crippen LogP) is 16.2. The van der Waals surface area contributed by atoms with E-state index in [0.717, 1.165) is 31.2 Å². The van der Waals surface area contributed by atoms with Crippen molar-refractivity contribution < 1.29 is 0 Å². The van der Waals surface area contributed by atoms with Gasteiger partial charge in [0.25, 0.3) is 0 Å². The first-order valence-corrected chi connectivity index (χ1v) is 23.6. The first kappa shape index (κ1) is 37.5. The Kier molecular flexibility index (Phi) is 7.86. The Balaban J connectivity index is 0.968. The van der Waals surface area contributed by atoms with Crippen molar-refractivity contribution >= 4 is 44.5 Å². The molecule has 1 unspecified atom stereocenters. The molecule has 2 nitrogen and oxygen atoms in total. The molecule has 0 bridgehead atoms. The van der Waals surface area contributed by atoms with Gasteiger partial charge in [-0.15, -0.1) is 0 Å². The van der Waals surface area contributed by atoms with Crippen LogP contribution in [0.2, 0.25) is 0 Å². The van der Waals surface area contributed by atoms with Gasteiger partial charge in [-0.05, 0) is 153 Å². The van der Waals surface area contributed by atoms with Crippen LogP contribution in [-0.4, -0.2) is 4.57 Å². The van der Waals surface area contributed by atoms with Crippen LogP contribution in [-0.2, 0) is 10.8 Å². The van der Waals surface area contributed by atoms with Gasteiger partial charge in [-0.3, -0.25) is 0 Å². The largest absolute Gasteiger partial charge is 0.314 e. The summed E-state index contributed by atoms with van der Waals surface area (Å²) in [6.45, 7) is 4.82. The molecule has 0 amide bonds. The van der Waals surface area contributed by atoms with Crippen LogP contribution < -0.4 is 4.90 Å². The van der Waals surface area contributed by atoms with Gasteiger partial charge in [0, 0.05) is 38.8 Å². The Morgan fingerprint density at radius 1 is 0.576 bits per heavy atom. The van der Waals surface area contributed by atoms with E-state index >= 15 is 0 Å². The molecule has 66 heavy (non-hydrogen) atoms. The standard InChI is InChI=1S/C64H46N2/c1-63(2)52-26-11-6-20-46(52)49-39-38-44(40-57(49)63)65(59-32-17-33-60-62(59)51-24-10-15-31-58(51)66(60)42-18-4-3-5-19-42)43-36-34-41(35-37-43)45-25-16-30-56-61(45)50-23-9-14-29-55(50)64(56)53-27-12-7-21-47(53)48-22-8-13-28-54(48)64/h4,6-7,9-21,23-37,40H,3,5,38-39H2,1-2H3. The van der Waals surface area contributed by atoms with E-state index in [1.807, 2.05) is 6.07 Å². The highest BCUT2D eigenvalue weighted by Crippen LogP contribution is 2.64. The third-order valence-electron chi connectivity index (χ3n) is 15.6. The molecular formula is C64H46N2. The van der Waals surface area contributed by atoms with E-state index in [2.05, 4.69) is 224 Å². The fourth-order valence-electron chi connectivity index (χ4n) is 12.9. The monoisotopic (exact) mass is 842 g/mol. The number of rotatable bonds is 5. The Bertz CT molecular complexity index is 3630. The topological polar surface area (TPSA) is 8.17 Å². The molecule has 0 fully saturated rings. The van der Waals surface area contributed by atoms with Crippen LogP contribution in [0.5, 0.6) is 0 Å². The summed E-state index contributed by atoms with van der Waals surface area (Å²) >= 11 is 0. The fraction of sp³-hybridized carbons (Fsp3) is 0.125. The number of anilines is 2. The van der Waals surface area contributed by atoms with Crippen molar-refractivity contribution in [3.05, 3.63) is 251 Å². The van der Waals surface area contributed by atoms with Crippen LogP contribution in [0.25, 0.3) is 66.5 Å². The van der Waals surface area contributed by atoms with Gasteiger partial charge in [0.15, 0.2) is 0 Å². The number of nitrogens with zero attached hydrogens (tertiary/aromatic N) is 2. The lowest BCUT2D eigenvalue weighted by molar-refractivity contribution is 0.648. The number of allylic oxidation sites excluding steroid dienone is 8. The van der Waals surface area contributed by atoms with E-state index in [4.69, 9.17) is 0 Å². The fourth-order valence-corrected chi connectivity index (χ4v) is 12.9. The molecule has 14 rings (SSSR count). The summed E-state index contributed by atoms with van der Waals surface area (Å²) in [6.07, 6.45) is 13.6. The van der Waals surface area contributed by atoms with Gasteiger partial charge >= 0.3 is 0 Å². The molecule has 312 valence electrons. The maximum absolute atomic E-state index is 3.54. The summed E-state index contributed by atoms with van der Waals surface area (Å²) in [5.74, 6) is 0. The van der Waals surface area contributed by atoms with E-state index in [1.165, 1.54) is 117 Å². The molecule has 9 aromatic rings. The number of para-hydroxylation sites is 1. The van der Waals surface area contributed by atoms with E-state index in [1.54, 1.807) is 0 Å². The zero-order valence-corrected chi connectivity index (χ0v) is 37.2. The molecule has 0 aliphatic heterocycles. The van der Waals surface area contributed by atoms with Crippen molar-refractivity contribution in [2.75, 3.05) is 4.90 Å². The van der Waals surface area contributed by atoms with Crippen LogP contribution in [0, 0.1) is 12.1 Å². The van der Waals surface area contributed by atoms with Crippen molar-refractivity contribution in [3.63, 3.8) is 0 Å². The van der Waals surface area contributed by atoms with Crippen LogP contribution >= 0.6 is 0 Å². The summed E-state index contributed by atoms with van der Waals surface area (Å²) in [4.78, 5) is 2.59. The maximum atomic E-state index is 3.54. The molecule has 0 saturated heterocycles. The van der Waals surface area contributed by atoms with E-state index in [-0.39, 0.29) is 5.41 Å². The molecule has 2 heteroatoms. The zero-order valence-electron chi connectivity index (χ0n) is 37.2. The Hall–Kier alpha value is -7.86. The minimum atomic E-state index is -0.424. The van der Waals surface area contributed by atoms with E-state index in [9.17, 15) is 0 Å². The number of hydrogen-bond donors (Lipinski definition) is 0. The smallest absolute Gasteiger partial charge is 0.0732 e. The second-order valence-corrected chi connectivity index (χ2v) is 19.2. The molecule has 8 aromatic carbocycles. The van der Waals surface area contributed by atoms with Gasteiger partial charge < -0.3 is 9.47 Å². The highest BCUT2D eigenvalue weighted by atomic mass is 15.2. The SMILES string of the molecule is CC1(C)C2=C(CCC(N(c3ccc(-c4cccc5c4-c4ccccc4C54c5ccc#cc5-c5ccccc54)cc3)c3cccc4c3c3ccccc3n4C3=CCCC=C3)=C2)c2ccccc21. The Labute approximate surface area is 386 Å². The lowest BCUT2D eigenvalue weighted by Crippen LogP contribution is -2.25. The van der Waals surface area contributed by atoms with Gasteiger partial charge in [-0.1, -0.05) is 166 Å². The molecule has 1 atom stereocenters. The third kappa shape index (κ3) is 4.93. The molecule has 5 aliphatic rings. The zero-order chi connectivity index (χ0) is 43.7. The number of benzene rings is 7. The molecule has 1 aromatic heterocycles. The number of aromatic nitrogens is 1. The minimum Gasteiger partial charge on any atom is -0.314 e. The second-order valence-electron chi connectivity index (χ2n) is 19.2. The van der Waals surface area contributed by atoms with Gasteiger partial charge in [-0.25, -0.2) is 0 Å². The van der Waals surface area contributed by atoms with Crippen molar-refractivity contribution in [2.45, 2.75) is 50.4 Å². The Morgan fingerprint density at radius 3 is 2.11 bits per heavy atom. The van der Waals surface area contributed by atoms with E-state index < -0.39 is 5.41 Å². The molecule has 1 heterocycles. The summed E-state index contributed by atoms with van der Waals surface area (Å²) in [6, 6.07) is 70.6. The van der Waals surface area contributed by atoms with Crippen molar-refractivity contribution in [1.29, 1.82) is 0 Å². The first-order chi connectivity index (χ1) is 32.5. The molecule has 0 N–H and O–H groups in total. The number of fused-ring (bicyclic) bond motifs is 15. The maximum Gasteiger partial charge on any atom is 0.0732 e. The highest BCUT2D eigenvalue weighted by Gasteiger charge is 2.52. The molecule has 5 aliphatic carbocycles. The third-order valence-corrected chi connectivity index (χ3v) is 15.6. The minimum absolute atomic E-state index is 0.0904. The van der Waals surface area contributed by atoms with Crippen molar-refractivity contribution in [1.82, 2.24) is 4.57 Å². The first-order valence-electron chi connectivity index (χ1n) is 23.6. The predicted molar refractivity (Wildman–Crippen MR) is 274 cm³/mol. The summed E-state index contributed by atoms with van der Waals surface area (Å²) in [5.41, 5.74) is 25.5.